The van der Waals surface area contributed by atoms with E-state index in [2.05, 4.69) is 5.32 Å². The summed E-state index contributed by atoms with van der Waals surface area (Å²) in [6.45, 7) is 0.275. The number of amides is 1. The number of alkyl halides is 3. The Morgan fingerprint density at radius 3 is 2.44 bits per heavy atom. The molecule has 27 heavy (non-hydrogen) atoms. The van der Waals surface area contributed by atoms with Crippen molar-refractivity contribution in [1.82, 2.24) is 9.88 Å². The Balaban J connectivity index is 1.68. The fourth-order valence-corrected chi connectivity index (χ4v) is 3.10. The molecule has 0 aliphatic heterocycles. The van der Waals surface area contributed by atoms with Crippen LogP contribution in [-0.4, -0.2) is 16.5 Å². The first-order chi connectivity index (χ1) is 12.8. The first kappa shape index (κ1) is 17.6. The van der Waals surface area contributed by atoms with Crippen LogP contribution in [0.2, 0.25) is 0 Å². The number of aromatic nitrogens is 1. The zero-order valence-electron chi connectivity index (χ0n) is 14.2. The number of hydrogen-bond acceptors (Lipinski definition) is 1. The average Bonchev–Trinajstić information content (AvgIpc) is 3.33. The summed E-state index contributed by atoms with van der Waals surface area (Å²) in [7, 11) is 0. The van der Waals surface area contributed by atoms with Crippen LogP contribution in [0.25, 0.3) is 10.9 Å². The summed E-state index contributed by atoms with van der Waals surface area (Å²) in [5.41, 5.74) is 0.733. The average molecular weight is 376 g/mol. The Labute approximate surface area is 152 Å². The molecule has 0 spiro atoms. The lowest BCUT2D eigenvalue weighted by Crippen LogP contribution is -2.26. The summed E-state index contributed by atoms with van der Waals surface area (Å²) >= 11 is 0. The molecule has 0 radical (unpaired) electrons. The number of nitrogens with zero attached hydrogens (tertiary/aromatic N) is 1. The molecule has 3 nitrogen and oxygen atoms in total. The van der Waals surface area contributed by atoms with E-state index in [-0.39, 0.29) is 24.1 Å². The van der Waals surface area contributed by atoms with Gasteiger partial charge in [-0.3, -0.25) is 4.79 Å². The zero-order chi connectivity index (χ0) is 19.2. The van der Waals surface area contributed by atoms with Crippen molar-refractivity contribution in [3.63, 3.8) is 0 Å². The van der Waals surface area contributed by atoms with E-state index in [4.69, 9.17) is 0 Å². The third-order valence-corrected chi connectivity index (χ3v) is 4.62. The van der Waals surface area contributed by atoms with Crippen LogP contribution in [0.5, 0.6) is 0 Å². The van der Waals surface area contributed by atoms with E-state index in [0.29, 0.717) is 16.5 Å². The lowest BCUT2D eigenvalue weighted by atomic mass is 10.1. The first-order valence-corrected chi connectivity index (χ1v) is 8.56. The van der Waals surface area contributed by atoms with Crippen molar-refractivity contribution < 1.29 is 22.4 Å². The number of carbonyl (C=O) groups excluding carboxylic acids is 1. The van der Waals surface area contributed by atoms with Gasteiger partial charge in [0.05, 0.1) is 16.6 Å². The van der Waals surface area contributed by atoms with Gasteiger partial charge in [0.25, 0.3) is 5.91 Å². The number of halogens is 4. The fraction of sp³-hybridized carbons (Fsp3) is 0.250. The first-order valence-electron chi connectivity index (χ1n) is 8.56. The molecule has 3 aromatic rings. The molecule has 0 atom stereocenters. The van der Waals surface area contributed by atoms with Crippen LogP contribution < -0.4 is 5.32 Å². The summed E-state index contributed by atoms with van der Waals surface area (Å²) in [5, 5.41) is 3.42. The van der Waals surface area contributed by atoms with Crippen molar-refractivity contribution >= 4 is 16.8 Å². The van der Waals surface area contributed by atoms with Crippen molar-refractivity contribution in [2.45, 2.75) is 31.6 Å². The second-order valence-corrected chi connectivity index (χ2v) is 6.78. The van der Waals surface area contributed by atoms with Crippen LogP contribution in [0.15, 0.2) is 48.7 Å². The van der Waals surface area contributed by atoms with Crippen LogP contribution in [-0.2, 0) is 12.7 Å². The minimum absolute atomic E-state index is 0.133. The topological polar surface area (TPSA) is 34.0 Å². The maximum atomic E-state index is 13.9. The Hall–Kier alpha value is -2.83. The van der Waals surface area contributed by atoms with Gasteiger partial charge in [-0.2, -0.15) is 13.2 Å². The number of nitrogens with one attached hydrogen (secondary N) is 1. The molecule has 7 heteroatoms. The summed E-state index contributed by atoms with van der Waals surface area (Å²) in [4.78, 5) is 12.5. The van der Waals surface area contributed by atoms with E-state index < -0.39 is 17.6 Å². The van der Waals surface area contributed by atoms with Gasteiger partial charge in [-0.25, -0.2) is 4.39 Å². The Morgan fingerprint density at radius 1 is 1.11 bits per heavy atom. The minimum Gasteiger partial charge on any atom is -0.349 e. The molecule has 2 aromatic carbocycles. The van der Waals surface area contributed by atoms with Gasteiger partial charge < -0.3 is 9.88 Å². The SMILES string of the molecule is O=C(NC1CC1)c1cc(F)cc2ccn(Cc3ccc(C(F)(F)F)cc3)c12. The number of fused-ring (bicyclic) bond motifs is 1. The molecule has 1 saturated carbocycles. The quantitative estimate of drug-likeness (QED) is 0.656. The Morgan fingerprint density at radius 2 is 1.81 bits per heavy atom. The van der Waals surface area contributed by atoms with Gasteiger partial charge in [-0.05, 0) is 48.7 Å². The van der Waals surface area contributed by atoms with Gasteiger partial charge in [0.1, 0.15) is 5.82 Å². The maximum Gasteiger partial charge on any atom is 0.416 e. The van der Waals surface area contributed by atoms with Gasteiger partial charge in [0, 0.05) is 24.2 Å². The molecule has 1 amide bonds. The highest BCUT2D eigenvalue weighted by Crippen LogP contribution is 2.30. The normalized spacial score (nSPS) is 14.5. The van der Waals surface area contributed by atoms with E-state index in [1.165, 1.54) is 24.3 Å². The van der Waals surface area contributed by atoms with Crippen molar-refractivity contribution in [3.8, 4) is 0 Å². The second-order valence-electron chi connectivity index (χ2n) is 6.78. The van der Waals surface area contributed by atoms with Crippen LogP contribution in [0.3, 0.4) is 0 Å². The smallest absolute Gasteiger partial charge is 0.349 e. The molecular formula is C20H16F4N2O. The van der Waals surface area contributed by atoms with Crippen LogP contribution >= 0.6 is 0 Å². The summed E-state index contributed by atoms with van der Waals surface area (Å²) in [6, 6.07) is 9.23. The highest BCUT2D eigenvalue weighted by atomic mass is 19.4. The molecule has 1 fully saturated rings. The third kappa shape index (κ3) is 3.67. The minimum atomic E-state index is -4.38. The predicted octanol–water partition coefficient (Wildman–Crippen LogP) is 4.74. The number of benzene rings is 2. The van der Waals surface area contributed by atoms with Crippen LogP contribution in [0, 0.1) is 5.82 Å². The highest BCUT2D eigenvalue weighted by Gasteiger charge is 2.30. The van der Waals surface area contributed by atoms with Gasteiger partial charge in [0.2, 0.25) is 0 Å². The summed E-state index contributed by atoms with van der Waals surface area (Å²) in [6.07, 6.45) is -0.854. The molecule has 1 aliphatic carbocycles. The predicted molar refractivity (Wildman–Crippen MR) is 92.9 cm³/mol. The largest absolute Gasteiger partial charge is 0.416 e. The molecule has 4 rings (SSSR count). The third-order valence-electron chi connectivity index (χ3n) is 4.62. The molecular weight excluding hydrogens is 360 g/mol. The number of hydrogen-bond donors (Lipinski definition) is 1. The van der Waals surface area contributed by atoms with E-state index >= 15 is 0 Å². The Bertz CT molecular complexity index is 1000. The van der Waals surface area contributed by atoms with Gasteiger partial charge in [-0.1, -0.05) is 12.1 Å². The van der Waals surface area contributed by atoms with Gasteiger partial charge in [-0.15, -0.1) is 0 Å². The van der Waals surface area contributed by atoms with E-state index in [1.807, 2.05) is 0 Å². The van der Waals surface area contributed by atoms with Crippen molar-refractivity contribution in [2.24, 2.45) is 0 Å². The highest BCUT2D eigenvalue weighted by molar-refractivity contribution is 6.06. The van der Waals surface area contributed by atoms with E-state index in [0.717, 1.165) is 25.0 Å². The Kier molecular flexibility index (Phi) is 4.17. The number of carbonyl (C=O) groups is 1. The van der Waals surface area contributed by atoms with Crippen molar-refractivity contribution in [2.75, 3.05) is 0 Å². The van der Waals surface area contributed by atoms with Crippen LogP contribution in [0.4, 0.5) is 17.6 Å². The van der Waals surface area contributed by atoms with E-state index in [9.17, 15) is 22.4 Å². The molecule has 0 bridgehead atoms. The second kappa shape index (κ2) is 6.40. The molecule has 0 unspecified atom stereocenters. The maximum absolute atomic E-state index is 13.9. The van der Waals surface area contributed by atoms with E-state index in [1.54, 1.807) is 16.8 Å². The summed E-state index contributed by atoms with van der Waals surface area (Å²) < 4.78 is 53.8. The zero-order valence-corrected chi connectivity index (χ0v) is 14.2. The number of rotatable bonds is 4. The van der Waals surface area contributed by atoms with Gasteiger partial charge in [0.15, 0.2) is 0 Å². The van der Waals surface area contributed by atoms with Gasteiger partial charge >= 0.3 is 6.18 Å². The molecule has 1 N–H and O–H groups in total. The standard InChI is InChI=1S/C20H16F4N2O/c21-15-9-13-7-8-26(11-12-1-3-14(4-2-12)20(22,23)24)18(13)17(10-15)19(27)25-16-5-6-16/h1-4,7-10,16H,5-6,11H2,(H,25,27). The summed E-state index contributed by atoms with van der Waals surface area (Å²) in [5.74, 6) is -0.843. The monoisotopic (exact) mass is 376 g/mol. The molecule has 140 valence electrons. The lowest BCUT2D eigenvalue weighted by Gasteiger charge is -2.12. The van der Waals surface area contributed by atoms with Crippen molar-refractivity contribution in [3.05, 3.63) is 71.2 Å². The molecule has 0 saturated heterocycles. The van der Waals surface area contributed by atoms with Crippen LogP contribution in [0.1, 0.15) is 34.3 Å². The molecule has 1 aromatic heterocycles. The van der Waals surface area contributed by atoms with Crippen molar-refractivity contribution in [1.29, 1.82) is 0 Å². The molecule has 1 heterocycles. The lowest BCUT2D eigenvalue weighted by molar-refractivity contribution is -0.137. The molecule has 1 aliphatic rings. The fourth-order valence-electron chi connectivity index (χ4n) is 3.10.